The van der Waals surface area contributed by atoms with Gasteiger partial charge in [-0.15, -0.1) is 0 Å². The third kappa shape index (κ3) is 2.36. The molecule has 26 heavy (non-hydrogen) atoms. The van der Waals surface area contributed by atoms with Crippen LogP contribution in [0.5, 0.6) is 0 Å². The van der Waals surface area contributed by atoms with E-state index in [2.05, 4.69) is 30.9 Å². The van der Waals surface area contributed by atoms with Gasteiger partial charge >= 0.3 is 0 Å². The SMILES string of the molecule is CC1(C)c2cc(C=O)ccc2N(c2ccccc2)c2ccc(C=O)cc21. The van der Waals surface area contributed by atoms with Gasteiger partial charge in [0, 0.05) is 22.2 Å². The van der Waals surface area contributed by atoms with E-state index in [-0.39, 0.29) is 5.41 Å². The Bertz CT molecular complexity index is 944. The summed E-state index contributed by atoms with van der Waals surface area (Å²) in [6.45, 7) is 4.27. The molecule has 0 spiro atoms. The van der Waals surface area contributed by atoms with Crippen molar-refractivity contribution in [3.05, 3.63) is 89.0 Å². The van der Waals surface area contributed by atoms with Crippen LogP contribution < -0.4 is 4.90 Å². The van der Waals surface area contributed by atoms with E-state index in [4.69, 9.17) is 0 Å². The van der Waals surface area contributed by atoms with Crippen LogP contribution in [0, 0.1) is 0 Å². The predicted molar refractivity (Wildman–Crippen MR) is 104 cm³/mol. The molecule has 0 unspecified atom stereocenters. The summed E-state index contributed by atoms with van der Waals surface area (Å²) in [4.78, 5) is 24.9. The highest BCUT2D eigenvalue weighted by molar-refractivity contribution is 5.89. The van der Waals surface area contributed by atoms with Gasteiger partial charge in [0.05, 0.1) is 11.4 Å². The first kappa shape index (κ1) is 16.3. The van der Waals surface area contributed by atoms with E-state index >= 15 is 0 Å². The number of benzene rings is 3. The van der Waals surface area contributed by atoms with Gasteiger partial charge in [0.15, 0.2) is 0 Å². The zero-order chi connectivity index (χ0) is 18.3. The molecule has 1 aliphatic rings. The lowest BCUT2D eigenvalue weighted by Gasteiger charge is -2.42. The van der Waals surface area contributed by atoms with Crippen molar-refractivity contribution in [3.8, 4) is 0 Å². The van der Waals surface area contributed by atoms with Crippen LogP contribution in [-0.2, 0) is 5.41 Å². The average Bonchev–Trinajstić information content (AvgIpc) is 2.68. The summed E-state index contributed by atoms with van der Waals surface area (Å²) in [6, 6.07) is 21.7. The Labute approximate surface area is 152 Å². The van der Waals surface area contributed by atoms with Gasteiger partial charge in [0.1, 0.15) is 12.6 Å². The molecule has 3 nitrogen and oxygen atoms in total. The zero-order valence-electron chi connectivity index (χ0n) is 14.8. The number of hydrogen-bond donors (Lipinski definition) is 0. The molecule has 0 aromatic heterocycles. The second-order valence-electron chi connectivity index (χ2n) is 7.08. The fourth-order valence-corrected chi connectivity index (χ4v) is 3.78. The Kier molecular flexibility index (Phi) is 3.73. The summed E-state index contributed by atoms with van der Waals surface area (Å²) in [5.74, 6) is 0. The topological polar surface area (TPSA) is 37.4 Å². The van der Waals surface area contributed by atoms with Gasteiger partial charge in [-0.1, -0.05) is 32.0 Å². The molecule has 0 saturated heterocycles. The Morgan fingerprint density at radius 2 is 1.23 bits per heavy atom. The summed E-state index contributed by atoms with van der Waals surface area (Å²) in [6.07, 6.45) is 1.75. The molecule has 0 saturated carbocycles. The normalized spacial score (nSPS) is 14.3. The van der Waals surface area contributed by atoms with Crippen molar-refractivity contribution in [3.63, 3.8) is 0 Å². The molecule has 128 valence electrons. The quantitative estimate of drug-likeness (QED) is 0.597. The number of rotatable bonds is 3. The minimum Gasteiger partial charge on any atom is -0.310 e. The fraction of sp³-hybridized carbons (Fsp3) is 0.130. The first-order valence-corrected chi connectivity index (χ1v) is 8.61. The van der Waals surface area contributed by atoms with Crippen LogP contribution in [0.15, 0.2) is 66.7 Å². The van der Waals surface area contributed by atoms with Gasteiger partial charge in [-0.2, -0.15) is 0 Å². The highest BCUT2D eigenvalue weighted by Gasteiger charge is 2.37. The summed E-state index contributed by atoms with van der Waals surface area (Å²) in [7, 11) is 0. The van der Waals surface area contributed by atoms with Crippen LogP contribution in [0.3, 0.4) is 0 Å². The van der Waals surface area contributed by atoms with Gasteiger partial charge < -0.3 is 4.90 Å². The van der Waals surface area contributed by atoms with Crippen molar-refractivity contribution < 1.29 is 9.59 Å². The molecular formula is C23H19NO2. The second kappa shape index (κ2) is 5.95. The van der Waals surface area contributed by atoms with Gasteiger partial charge in [-0.3, -0.25) is 9.59 Å². The number of para-hydroxylation sites is 1. The van der Waals surface area contributed by atoms with Crippen molar-refractivity contribution in [2.75, 3.05) is 4.90 Å². The third-order valence-corrected chi connectivity index (χ3v) is 5.16. The zero-order valence-corrected chi connectivity index (χ0v) is 14.8. The smallest absolute Gasteiger partial charge is 0.150 e. The van der Waals surface area contributed by atoms with E-state index in [1.165, 1.54) is 0 Å². The monoisotopic (exact) mass is 341 g/mol. The number of anilines is 3. The van der Waals surface area contributed by atoms with E-state index in [0.29, 0.717) is 11.1 Å². The highest BCUT2D eigenvalue weighted by atomic mass is 16.1. The molecule has 1 heterocycles. The molecule has 3 aromatic carbocycles. The third-order valence-electron chi connectivity index (χ3n) is 5.16. The molecule has 0 amide bonds. The van der Waals surface area contributed by atoms with Crippen molar-refractivity contribution in [1.29, 1.82) is 0 Å². The van der Waals surface area contributed by atoms with Gasteiger partial charge in [0.25, 0.3) is 0 Å². The first-order valence-electron chi connectivity index (χ1n) is 8.61. The Hall–Kier alpha value is -3.20. The Morgan fingerprint density at radius 3 is 1.69 bits per heavy atom. The lowest BCUT2D eigenvalue weighted by atomic mass is 9.72. The minimum atomic E-state index is -0.325. The minimum absolute atomic E-state index is 0.325. The molecule has 0 N–H and O–H groups in total. The molecular weight excluding hydrogens is 322 g/mol. The number of aldehydes is 2. The van der Waals surface area contributed by atoms with Crippen LogP contribution in [0.1, 0.15) is 45.7 Å². The molecule has 0 atom stereocenters. The maximum Gasteiger partial charge on any atom is 0.150 e. The van der Waals surface area contributed by atoms with Crippen molar-refractivity contribution in [2.45, 2.75) is 19.3 Å². The lowest BCUT2D eigenvalue weighted by Crippen LogP contribution is -2.31. The average molecular weight is 341 g/mol. The first-order chi connectivity index (χ1) is 12.6. The van der Waals surface area contributed by atoms with Crippen molar-refractivity contribution in [2.24, 2.45) is 0 Å². The maximum absolute atomic E-state index is 11.3. The van der Waals surface area contributed by atoms with Crippen molar-refractivity contribution >= 4 is 29.6 Å². The summed E-state index contributed by atoms with van der Waals surface area (Å²) in [5.41, 5.74) is 6.27. The number of carbonyl (C=O) groups is 2. The summed E-state index contributed by atoms with van der Waals surface area (Å²) < 4.78 is 0. The molecule has 0 radical (unpaired) electrons. The molecule has 0 aliphatic carbocycles. The highest BCUT2D eigenvalue weighted by Crippen LogP contribution is 2.51. The Balaban J connectivity index is 2.06. The number of carbonyl (C=O) groups excluding carboxylic acids is 2. The van der Waals surface area contributed by atoms with Crippen LogP contribution in [-0.4, -0.2) is 12.6 Å². The summed E-state index contributed by atoms with van der Waals surface area (Å²) >= 11 is 0. The second-order valence-corrected chi connectivity index (χ2v) is 7.08. The fourth-order valence-electron chi connectivity index (χ4n) is 3.78. The van der Waals surface area contributed by atoms with Crippen LogP contribution in [0.2, 0.25) is 0 Å². The van der Waals surface area contributed by atoms with Crippen LogP contribution >= 0.6 is 0 Å². The Morgan fingerprint density at radius 1 is 0.731 bits per heavy atom. The lowest BCUT2D eigenvalue weighted by molar-refractivity contribution is 0.111. The van der Waals surface area contributed by atoms with Gasteiger partial charge in [0.2, 0.25) is 0 Å². The largest absolute Gasteiger partial charge is 0.310 e. The van der Waals surface area contributed by atoms with Gasteiger partial charge in [-0.05, 0) is 59.7 Å². The molecule has 4 rings (SSSR count). The number of nitrogens with zero attached hydrogens (tertiary/aromatic N) is 1. The summed E-state index contributed by atoms with van der Waals surface area (Å²) in [5, 5.41) is 0. The van der Waals surface area contributed by atoms with Crippen molar-refractivity contribution in [1.82, 2.24) is 0 Å². The molecule has 0 bridgehead atoms. The number of hydrogen-bond acceptors (Lipinski definition) is 3. The van der Waals surface area contributed by atoms with E-state index in [0.717, 1.165) is 40.8 Å². The number of fused-ring (bicyclic) bond motifs is 2. The van der Waals surface area contributed by atoms with Crippen LogP contribution in [0.25, 0.3) is 0 Å². The standard InChI is InChI=1S/C23H19NO2/c1-23(2)19-12-16(14-25)8-10-21(19)24(18-6-4-3-5-7-18)22-11-9-17(15-26)13-20(22)23/h3-15H,1-2H3. The molecule has 1 aliphatic heterocycles. The van der Waals surface area contributed by atoms with E-state index < -0.39 is 0 Å². The molecule has 0 fully saturated rings. The predicted octanol–water partition coefficient (Wildman–Crippen LogP) is 5.42. The van der Waals surface area contributed by atoms with E-state index in [1.807, 2.05) is 54.6 Å². The molecule has 3 heteroatoms. The van der Waals surface area contributed by atoms with Crippen LogP contribution in [0.4, 0.5) is 17.1 Å². The van der Waals surface area contributed by atoms with E-state index in [9.17, 15) is 9.59 Å². The van der Waals surface area contributed by atoms with E-state index in [1.54, 1.807) is 0 Å². The maximum atomic E-state index is 11.3. The molecule has 3 aromatic rings. The van der Waals surface area contributed by atoms with Gasteiger partial charge in [-0.25, -0.2) is 0 Å².